The van der Waals surface area contributed by atoms with Crippen LogP contribution >= 0.6 is 0 Å². The Morgan fingerprint density at radius 2 is 1.06 bits per heavy atom. The first-order valence-electron chi connectivity index (χ1n) is 14.1. The van der Waals surface area contributed by atoms with Crippen LogP contribution in [-0.4, -0.2) is 119 Å². The van der Waals surface area contributed by atoms with Gasteiger partial charge in [0.05, 0.1) is 43.4 Å². The third-order valence-corrected chi connectivity index (χ3v) is 5.98. The van der Waals surface area contributed by atoms with Crippen molar-refractivity contribution >= 4 is 65.0 Å². The van der Waals surface area contributed by atoms with Gasteiger partial charge in [0.15, 0.2) is 0 Å². The summed E-state index contributed by atoms with van der Waals surface area (Å²) in [5.41, 5.74) is 0.710. The quantitative estimate of drug-likeness (QED) is 0.0198. The zero-order valence-electron chi connectivity index (χ0n) is 29.6. The Morgan fingerprint density at radius 1 is 0.667 bits per heavy atom. The molecular weight excluding hydrogens is 700 g/mol. The standard InChI is InChI=1S/C26H34N12O12.4Li/c1-11(50-49)18(20(47)48)32-26-36-22(28-8-15(42)10-40)34-24(38-26)30-13-4-2-12(3-5-13)29-23-33-21(27-7-14(41)9-39)35-25(37-23)31-16(19(45)46)6-17(43)44;;;;/h2-5,14-16,18,39-42,49H,1,6-10H2,(H,43,44)(H,45,46)(H,47,48)(H3,27,29,31,33,35,37)(H3,28,30,32,34,36,38);;;;/q;4*+1/p-4. The Bertz CT molecular complexity index is 1650. The SMILES string of the molecule is C=C(O[O-])C(Nc1nc(NCC(O)CO)nc(Nc2ccc(Nc3nc(NCC(O)CO)nc(NC(CC(=O)[O-])C(=O)[O-])n3)cc2)n1)C(=O)[O-].[Li+].[Li+].[Li+].[Li+]. The smallest absolute Gasteiger partial charge is 0.664 e. The molecule has 0 radical (unpaired) electrons. The molecule has 3 rings (SSSR count). The van der Waals surface area contributed by atoms with E-state index in [1.807, 2.05) is 0 Å². The maximum Gasteiger partial charge on any atom is 1.00 e. The number of carboxylic acids is 3. The molecule has 4 unspecified atom stereocenters. The van der Waals surface area contributed by atoms with Crippen molar-refractivity contribution in [2.45, 2.75) is 30.7 Å². The van der Waals surface area contributed by atoms with Crippen molar-refractivity contribution in [3.8, 4) is 0 Å². The molecule has 0 amide bonds. The number of carbonyl (C=O) groups is 3. The summed E-state index contributed by atoms with van der Waals surface area (Å²) in [5, 5.41) is 97.7. The molecule has 10 N–H and O–H groups in total. The van der Waals surface area contributed by atoms with Crippen LogP contribution in [0, 0.1) is 0 Å². The molecule has 0 aliphatic rings. The molecule has 3 aromatic rings. The minimum absolute atomic E-state index is 0. The molecule has 0 bridgehead atoms. The van der Waals surface area contributed by atoms with Crippen LogP contribution in [0.3, 0.4) is 0 Å². The van der Waals surface area contributed by atoms with Gasteiger partial charge in [-0.25, -0.2) is 0 Å². The molecule has 54 heavy (non-hydrogen) atoms. The van der Waals surface area contributed by atoms with E-state index < -0.39 is 73.5 Å². The van der Waals surface area contributed by atoms with Crippen LogP contribution in [0.15, 0.2) is 36.6 Å². The first kappa shape index (κ1) is 52.3. The number of carboxylic acid groups (broad SMARTS) is 3. The number of nitrogens with one attached hydrogen (secondary N) is 6. The van der Waals surface area contributed by atoms with Crippen LogP contribution in [0.1, 0.15) is 6.42 Å². The van der Waals surface area contributed by atoms with E-state index in [0.29, 0.717) is 11.4 Å². The summed E-state index contributed by atoms with van der Waals surface area (Å²) < 4.78 is 0. The molecule has 2 heterocycles. The van der Waals surface area contributed by atoms with Crippen molar-refractivity contribution < 1.29 is 136 Å². The van der Waals surface area contributed by atoms with Crippen LogP contribution in [0.4, 0.5) is 47.1 Å². The first-order chi connectivity index (χ1) is 23.8. The molecule has 2 aromatic heterocycles. The van der Waals surface area contributed by atoms with E-state index in [-0.39, 0.29) is 118 Å². The van der Waals surface area contributed by atoms with Crippen molar-refractivity contribution in [3.63, 3.8) is 0 Å². The van der Waals surface area contributed by atoms with E-state index in [4.69, 9.17) is 10.2 Å². The summed E-state index contributed by atoms with van der Waals surface area (Å²) in [6.45, 7) is 1.59. The van der Waals surface area contributed by atoms with Gasteiger partial charge in [0.1, 0.15) is 11.8 Å². The molecular formula is C26H30Li4N12O12. The van der Waals surface area contributed by atoms with Crippen molar-refractivity contribution in [1.82, 2.24) is 29.9 Å². The number of anilines is 8. The van der Waals surface area contributed by atoms with Gasteiger partial charge in [0.25, 0.3) is 0 Å². The van der Waals surface area contributed by atoms with Crippen LogP contribution < -0.4 is 128 Å². The monoisotopic (exact) mass is 730 g/mol. The Kier molecular flexibility index (Phi) is 25.2. The summed E-state index contributed by atoms with van der Waals surface area (Å²) in [6.07, 6.45) is -3.37. The van der Waals surface area contributed by atoms with Crippen LogP contribution in [0.5, 0.6) is 0 Å². The molecule has 28 heteroatoms. The summed E-state index contributed by atoms with van der Waals surface area (Å²) in [4.78, 5) is 61.8. The van der Waals surface area contributed by atoms with E-state index in [1.165, 1.54) is 24.3 Å². The van der Waals surface area contributed by atoms with Crippen molar-refractivity contribution in [2.75, 3.05) is 58.2 Å². The average molecular weight is 730 g/mol. The van der Waals surface area contributed by atoms with E-state index >= 15 is 0 Å². The predicted octanol–water partition coefficient (Wildman–Crippen LogP) is -18.9. The van der Waals surface area contributed by atoms with Crippen LogP contribution in [0.25, 0.3) is 0 Å². The first-order valence-corrected chi connectivity index (χ1v) is 14.1. The van der Waals surface area contributed by atoms with Crippen molar-refractivity contribution in [2.24, 2.45) is 0 Å². The Hall–Kier alpha value is -3.82. The molecule has 4 atom stereocenters. The third kappa shape index (κ3) is 17.5. The molecule has 0 spiro atoms. The summed E-state index contributed by atoms with van der Waals surface area (Å²) in [7, 11) is 0. The largest absolute Gasteiger partial charge is 1.00 e. The van der Waals surface area contributed by atoms with Gasteiger partial charge >= 0.3 is 75.4 Å². The molecule has 0 aliphatic heterocycles. The molecule has 270 valence electrons. The Balaban J connectivity index is 0. The topological polar surface area (TPSA) is 383 Å². The Labute approximate surface area is 354 Å². The predicted molar refractivity (Wildman–Crippen MR) is 161 cm³/mol. The second-order valence-corrected chi connectivity index (χ2v) is 9.91. The third-order valence-electron chi connectivity index (χ3n) is 5.98. The fourth-order valence-corrected chi connectivity index (χ4v) is 3.56. The number of aliphatic hydroxyl groups is 4. The van der Waals surface area contributed by atoms with E-state index in [2.05, 4.69) is 73.3 Å². The second kappa shape index (κ2) is 26.1. The average Bonchev–Trinajstić information content (AvgIpc) is 3.08. The van der Waals surface area contributed by atoms with Gasteiger partial charge in [-0.05, 0) is 24.3 Å². The number of benzene rings is 1. The van der Waals surface area contributed by atoms with Crippen molar-refractivity contribution in [1.29, 1.82) is 0 Å². The summed E-state index contributed by atoms with van der Waals surface area (Å²) >= 11 is 0. The molecule has 0 aliphatic carbocycles. The van der Waals surface area contributed by atoms with Gasteiger partial charge in [-0.15, -0.1) is 0 Å². The minimum Gasteiger partial charge on any atom is -0.664 e. The normalized spacial score (nSPS) is 12.2. The number of hydrogen-bond acceptors (Lipinski definition) is 24. The summed E-state index contributed by atoms with van der Waals surface area (Å²) in [5.74, 6) is -7.48. The number of rotatable bonds is 22. The minimum atomic E-state index is -1.86. The number of nitrogens with zero attached hydrogens (tertiary/aromatic N) is 6. The number of aliphatic hydroxyl groups excluding tert-OH is 4. The van der Waals surface area contributed by atoms with Crippen LogP contribution in [-0.2, 0) is 19.3 Å². The number of carbonyl (C=O) groups excluding carboxylic acids is 3. The van der Waals surface area contributed by atoms with Gasteiger partial charge in [-0.2, -0.15) is 29.9 Å². The molecule has 0 saturated heterocycles. The number of aliphatic carboxylic acids is 3. The van der Waals surface area contributed by atoms with E-state index in [0.717, 1.165) is 0 Å². The molecule has 24 nitrogen and oxygen atoms in total. The maximum absolute atomic E-state index is 11.5. The number of hydrogen-bond donors (Lipinski definition) is 10. The second-order valence-electron chi connectivity index (χ2n) is 9.91. The molecule has 0 saturated carbocycles. The fraction of sp³-hybridized carbons (Fsp3) is 0.346. The van der Waals surface area contributed by atoms with Crippen LogP contribution in [0.2, 0.25) is 0 Å². The fourth-order valence-electron chi connectivity index (χ4n) is 3.56. The van der Waals surface area contributed by atoms with E-state index in [9.17, 15) is 45.2 Å². The maximum atomic E-state index is 11.5. The van der Waals surface area contributed by atoms with Gasteiger partial charge in [0, 0.05) is 36.9 Å². The van der Waals surface area contributed by atoms with Crippen molar-refractivity contribution in [3.05, 3.63) is 36.6 Å². The van der Waals surface area contributed by atoms with E-state index in [1.54, 1.807) is 0 Å². The number of aromatic nitrogens is 6. The molecule has 1 aromatic carbocycles. The zero-order valence-corrected chi connectivity index (χ0v) is 29.6. The van der Waals surface area contributed by atoms with Gasteiger partial charge in [-0.1, -0.05) is 6.58 Å². The molecule has 0 fully saturated rings. The zero-order chi connectivity index (χ0) is 36.8. The Morgan fingerprint density at radius 3 is 1.41 bits per heavy atom. The van der Waals surface area contributed by atoms with Gasteiger partial charge < -0.3 is 92.2 Å². The van der Waals surface area contributed by atoms with Gasteiger partial charge in [-0.3, -0.25) is 0 Å². The van der Waals surface area contributed by atoms with Gasteiger partial charge in [0.2, 0.25) is 35.7 Å². The summed E-state index contributed by atoms with van der Waals surface area (Å²) in [6, 6.07) is 2.43.